The highest BCUT2D eigenvalue weighted by Gasteiger charge is 2.06. The molecule has 0 amide bonds. The van der Waals surface area contributed by atoms with E-state index in [2.05, 4.69) is 0 Å². The quantitative estimate of drug-likeness (QED) is 0.822. The van der Waals surface area contributed by atoms with Crippen molar-refractivity contribution in [3.05, 3.63) is 38.5 Å². The summed E-state index contributed by atoms with van der Waals surface area (Å²) in [5.41, 5.74) is 0.868. The van der Waals surface area contributed by atoms with Crippen molar-refractivity contribution in [3.8, 4) is 11.3 Å². The molecule has 0 spiro atoms. The third kappa shape index (κ3) is 1.85. The first-order valence-corrected chi connectivity index (χ1v) is 5.43. The van der Waals surface area contributed by atoms with Gasteiger partial charge in [-0.2, -0.15) is 0 Å². The second-order valence-electron chi connectivity index (χ2n) is 2.65. The third-order valence-electron chi connectivity index (χ3n) is 1.70. The highest BCUT2D eigenvalue weighted by atomic mass is 35.5. The average Bonchev–Trinajstić information content (AvgIpc) is 2.57. The van der Waals surface area contributed by atoms with Gasteiger partial charge in [-0.3, -0.25) is 0 Å². The van der Waals surface area contributed by atoms with Gasteiger partial charge in [0.2, 0.25) is 0 Å². The van der Waals surface area contributed by atoms with Crippen molar-refractivity contribution in [3.63, 3.8) is 0 Å². The summed E-state index contributed by atoms with van der Waals surface area (Å²) in [5, 5.41) is 8.34. The van der Waals surface area contributed by atoms with Crippen LogP contribution in [0.1, 0.15) is 0 Å². The summed E-state index contributed by atoms with van der Waals surface area (Å²) in [7, 11) is 0. The Bertz CT molecular complexity index is 518. The van der Waals surface area contributed by atoms with Gasteiger partial charge in [-0.05, 0) is 29.5 Å². The van der Waals surface area contributed by atoms with Crippen molar-refractivity contribution in [1.82, 2.24) is 0 Å². The van der Waals surface area contributed by atoms with Crippen molar-refractivity contribution < 1.29 is 9.83 Å². The van der Waals surface area contributed by atoms with E-state index >= 15 is 0 Å². The largest absolute Gasteiger partial charge is 0.426 e. The van der Waals surface area contributed by atoms with Gasteiger partial charge in [0, 0.05) is 10.9 Å². The van der Waals surface area contributed by atoms with Gasteiger partial charge in [-0.1, -0.05) is 23.2 Å². The van der Waals surface area contributed by atoms with Crippen LogP contribution >= 0.6 is 34.5 Å². The van der Waals surface area contributed by atoms with E-state index in [1.54, 1.807) is 12.1 Å². The summed E-state index contributed by atoms with van der Waals surface area (Å²) in [6.45, 7) is 0. The first kappa shape index (κ1) is 9.77. The van der Waals surface area contributed by atoms with E-state index in [1.807, 2.05) is 11.4 Å². The first-order valence-electron chi connectivity index (χ1n) is 3.79. The molecule has 0 aliphatic carbocycles. The molecule has 0 saturated heterocycles. The van der Waals surface area contributed by atoms with Gasteiger partial charge in [0.15, 0.2) is 5.76 Å². The summed E-state index contributed by atoms with van der Waals surface area (Å²) in [4.78, 5) is 0.422. The topological polar surface area (TPSA) is 38.7 Å². The fraction of sp³-hybridized carbons (Fsp3) is 0. The molecule has 72 valence electrons. The zero-order valence-corrected chi connectivity index (χ0v) is 9.29. The van der Waals surface area contributed by atoms with Gasteiger partial charge in [-0.25, -0.2) is 5.41 Å². The molecule has 0 atom stereocenters. The lowest BCUT2D eigenvalue weighted by Gasteiger charge is -1.98. The number of rotatable bonds is 1. The number of benzene rings is 1. The van der Waals surface area contributed by atoms with Crippen LogP contribution in [0.25, 0.3) is 11.3 Å². The Balaban J connectivity index is 2.52. The van der Waals surface area contributed by atoms with Gasteiger partial charge in [0.25, 0.3) is 0 Å². The Hall–Kier alpha value is -0.770. The fourth-order valence-electron chi connectivity index (χ4n) is 1.04. The van der Waals surface area contributed by atoms with E-state index in [1.165, 1.54) is 11.3 Å². The Morgan fingerprint density at radius 2 is 2.00 bits per heavy atom. The molecule has 5 heteroatoms. The van der Waals surface area contributed by atoms with Crippen LogP contribution in [0.4, 0.5) is 0 Å². The van der Waals surface area contributed by atoms with E-state index < -0.39 is 0 Å². The molecule has 1 aromatic carbocycles. The molecule has 14 heavy (non-hydrogen) atoms. The predicted octanol–water partition coefficient (Wildman–Crippen LogP) is 1.97. The van der Waals surface area contributed by atoms with Crippen LogP contribution in [0.2, 0.25) is 10.0 Å². The lowest BCUT2D eigenvalue weighted by Crippen LogP contribution is -2.41. The fourth-order valence-corrected chi connectivity index (χ4v) is 1.89. The first-order chi connectivity index (χ1) is 6.66. The predicted molar refractivity (Wildman–Crippen MR) is 57.1 cm³/mol. The Kier molecular flexibility index (Phi) is 2.63. The molecule has 0 aliphatic rings. The minimum Gasteiger partial charge on any atom is -0.396 e. The van der Waals surface area contributed by atoms with Crippen molar-refractivity contribution in [2.75, 3.05) is 0 Å². The highest BCUT2D eigenvalue weighted by Crippen LogP contribution is 2.28. The summed E-state index contributed by atoms with van der Waals surface area (Å²) < 4.78 is 5.26. The Labute approximate surface area is 94.2 Å². The van der Waals surface area contributed by atoms with Crippen LogP contribution in [-0.4, -0.2) is 0 Å². The molecule has 2 nitrogen and oxygen atoms in total. The van der Waals surface area contributed by atoms with Crippen LogP contribution in [-0.2, 0) is 0 Å². The van der Waals surface area contributed by atoms with E-state index in [-0.39, 0.29) is 0 Å². The second kappa shape index (κ2) is 3.77. The molecule has 2 N–H and O–H groups in total. The molecule has 1 heterocycles. The maximum atomic E-state index is 5.87. The van der Waals surface area contributed by atoms with Crippen LogP contribution in [0.15, 0.2) is 28.0 Å². The lowest BCUT2D eigenvalue weighted by molar-refractivity contribution is -0.190. The maximum absolute atomic E-state index is 5.87. The van der Waals surface area contributed by atoms with E-state index in [9.17, 15) is 0 Å². The van der Waals surface area contributed by atoms with Crippen molar-refractivity contribution >= 4 is 34.5 Å². The number of halogens is 2. The van der Waals surface area contributed by atoms with Crippen LogP contribution in [0, 0.1) is 0 Å². The zero-order valence-electron chi connectivity index (χ0n) is 6.96. The number of hydrogen-bond donors (Lipinski definition) is 1. The molecular weight excluding hydrogens is 241 g/mol. The zero-order chi connectivity index (χ0) is 10.1. The molecule has 0 radical (unpaired) electrons. The number of hydrogen-bond acceptors (Lipinski definition) is 2. The maximum Gasteiger partial charge on any atom is 0.426 e. The van der Waals surface area contributed by atoms with Crippen LogP contribution in [0.5, 0.6) is 0 Å². The normalized spacial score (nSPS) is 10.4. The molecule has 1 aromatic heterocycles. The summed E-state index contributed by atoms with van der Waals surface area (Å²) >= 11 is 13.0. The van der Waals surface area contributed by atoms with Gasteiger partial charge < -0.3 is 4.42 Å². The third-order valence-corrected chi connectivity index (χ3v) is 3.08. The SMILES string of the molecule is [NH2+]=c1oc(-c2ccc(Cl)c(Cl)c2)cs1. The smallest absolute Gasteiger partial charge is 0.396 e. The molecule has 2 aromatic rings. The van der Waals surface area contributed by atoms with E-state index in [4.69, 9.17) is 33.0 Å². The molecule has 0 aliphatic heterocycles. The molecule has 2 rings (SSSR count). The minimum absolute atomic E-state index is 0.422. The molecule has 0 bridgehead atoms. The highest BCUT2D eigenvalue weighted by molar-refractivity contribution is 7.07. The Morgan fingerprint density at radius 1 is 1.21 bits per heavy atom. The van der Waals surface area contributed by atoms with Gasteiger partial charge in [-0.15, -0.1) is 0 Å². The van der Waals surface area contributed by atoms with Gasteiger partial charge in [0.1, 0.15) is 0 Å². The monoisotopic (exact) mass is 246 g/mol. The minimum atomic E-state index is 0.422. The number of nitrogens with two attached hydrogens (primary N) is 1. The van der Waals surface area contributed by atoms with Crippen molar-refractivity contribution in [1.29, 1.82) is 0 Å². The summed E-state index contributed by atoms with van der Waals surface area (Å²) in [5.74, 6) is 0.700. The molecular formula is C9H6Cl2NOS+. The summed E-state index contributed by atoms with van der Waals surface area (Å²) in [6, 6.07) is 5.30. The Morgan fingerprint density at radius 3 is 2.57 bits per heavy atom. The van der Waals surface area contributed by atoms with Crippen molar-refractivity contribution in [2.24, 2.45) is 0 Å². The second-order valence-corrected chi connectivity index (χ2v) is 4.34. The molecule has 0 fully saturated rings. The molecule has 0 unspecified atom stereocenters. The van der Waals surface area contributed by atoms with E-state index in [0.717, 1.165) is 5.56 Å². The van der Waals surface area contributed by atoms with Gasteiger partial charge >= 0.3 is 4.87 Å². The van der Waals surface area contributed by atoms with Crippen LogP contribution in [0.3, 0.4) is 0 Å². The van der Waals surface area contributed by atoms with Gasteiger partial charge in [0.05, 0.1) is 10.0 Å². The molecule has 0 saturated carbocycles. The van der Waals surface area contributed by atoms with E-state index in [0.29, 0.717) is 20.7 Å². The summed E-state index contributed by atoms with van der Waals surface area (Å²) in [6.07, 6.45) is 0. The lowest BCUT2D eigenvalue weighted by atomic mass is 10.2. The van der Waals surface area contributed by atoms with Crippen LogP contribution < -0.4 is 10.3 Å². The van der Waals surface area contributed by atoms with Crippen molar-refractivity contribution in [2.45, 2.75) is 0 Å². The average molecular weight is 247 g/mol. The standard InChI is InChI=1S/C9H5Cl2NOS/c10-6-2-1-5(3-7(6)11)8-4-14-9(12)13-8/h1-4,12H/p+1.